The van der Waals surface area contributed by atoms with E-state index in [0.717, 1.165) is 4.90 Å². The third-order valence-corrected chi connectivity index (χ3v) is 4.44. The van der Waals surface area contributed by atoms with Crippen molar-refractivity contribution in [2.45, 2.75) is 11.8 Å². The second kappa shape index (κ2) is 8.03. The number of nitrogens with one attached hydrogen (secondary N) is 1. The van der Waals surface area contributed by atoms with Crippen LogP contribution >= 0.6 is 23.4 Å². The van der Waals surface area contributed by atoms with Gasteiger partial charge in [-0.2, -0.15) is 0 Å². The van der Waals surface area contributed by atoms with Gasteiger partial charge in [-0.1, -0.05) is 11.6 Å². The van der Waals surface area contributed by atoms with E-state index in [1.54, 1.807) is 19.1 Å². The molecule has 2 aromatic rings. The lowest BCUT2D eigenvalue weighted by molar-refractivity contribution is -0.385. The Labute approximate surface area is 148 Å². The Morgan fingerprint density at radius 2 is 2.00 bits per heavy atom. The lowest BCUT2D eigenvalue weighted by Gasteiger charge is -2.11. The van der Waals surface area contributed by atoms with E-state index in [1.807, 2.05) is 12.1 Å². The summed E-state index contributed by atoms with van der Waals surface area (Å²) in [4.78, 5) is 23.5. The lowest BCUT2D eigenvalue weighted by Crippen LogP contribution is -2.15. The van der Waals surface area contributed by atoms with Crippen LogP contribution in [0.25, 0.3) is 0 Å². The molecule has 1 amide bonds. The summed E-state index contributed by atoms with van der Waals surface area (Å²) in [7, 11) is 1.35. The average molecular weight is 367 g/mol. The highest BCUT2D eigenvalue weighted by Gasteiger charge is 2.18. The monoisotopic (exact) mass is 366 g/mol. The fraction of sp³-hybridized carbons (Fsp3) is 0.188. The number of carbonyl (C=O) groups excluding carboxylic acids is 1. The molecule has 0 bridgehead atoms. The third-order valence-electron chi connectivity index (χ3n) is 3.18. The van der Waals surface area contributed by atoms with E-state index in [4.69, 9.17) is 16.3 Å². The van der Waals surface area contributed by atoms with Crippen molar-refractivity contribution in [3.63, 3.8) is 0 Å². The summed E-state index contributed by atoms with van der Waals surface area (Å²) in [6.45, 7) is 1.69. The topological polar surface area (TPSA) is 81.5 Å². The predicted octanol–water partition coefficient (Wildman–Crippen LogP) is 4.30. The summed E-state index contributed by atoms with van der Waals surface area (Å²) in [5, 5.41) is 14.4. The average Bonchev–Trinajstić information content (AvgIpc) is 2.55. The molecule has 0 aliphatic heterocycles. The van der Waals surface area contributed by atoms with Crippen LogP contribution in [-0.2, 0) is 4.79 Å². The first kappa shape index (κ1) is 18.1. The second-order valence-electron chi connectivity index (χ2n) is 4.89. The molecule has 8 heteroatoms. The molecule has 6 nitrogen and oxygen atoms in total. The molecule has 0 spiro atoms. The van der Waals surface area contributed by atoms with E-state index in [9.17, 15) is 14.9 Å². The summed E-state index contributed by atoms with van der Waals surface area (Å²) >= 11 is 7.18. The number of rotatable bonds is 6. The fourth-order valence-electron chi connectivity index (χ4n) is 1.98. The third kappa shape index (κ3) is 4.62. The van der Waals surface area contributed by atoms with E-state index in [2.05, 4.69) is 5.32 Å². The van der Waals surface area contributed by atoms with Crippen molar-refractivity contribution in [2.24, 2.45) is 0 Å². The van der Waals surface area contributed by atoms with Crippen molar-refractivity contribution < 1.29 is 14.5 Å². The van der Waals surface area contributed by atoms with Gasteiger partial charge in [0.1, 0.15) is 0 Å². The number of carbonyl (C=O) groups is 1. The molecule has 0 aromatic heterocycles. The number of hydrogen-bond donors (Lipinski definition) is 1. The van der Waals surface area contributed by atoms with Crippen LogP contribution in [0.15, 0.2) is 41.3 Å². The molecule has 0 unspecified atom stereocenters. The molecular formula is C16H15ClN2O4S. The first-order valence-electron chi connectivity index (χ1n) is 6.92. The highest BCUT2D eigenvalue weighted by molar-refractivity contribution is 8.00. The summed E-state index contributed by atoms with van der Waals surface area (Å²) in [6.07, 6.45) is 0. The molecule has 0 saturated carbocycles. The zero-order valence-electron chi connectivity index (χ0n) is 13.0. The predicted molar refractivity (Wildman–Crippen MR) is 95.2 cm³/mol. The van der Waals surface area contributed by atoms with E-state index in [0.29, 0.717) is 16.3 Å². The fourth-order valence-corrected chi connectivity index (χ4v) is 2.80. The summed E-state index contributed by atoms with van der Waals surface area (Å²) in [6, 6.07) is 10.0. The standard InChI is InChI=1S/C16H15ClN2O4S/c1-10-7-14(19(21)22)15(23-2)8-13(10)18-16(20)9-24-12-5-3-11(17)4-6-12/h3-8H,9H2,1-2H3,(H,18,20). The van der Waals surface area contributed by atoms with Crippen LogP contribution in [0.1, 0.15) is 5.56 Å². The minimum absolute atomic E-state index is 0.103. The number of nitro groups is 1. The maximum absolute atomic E-state index is 12.1. The Kier molecular flexibility index (Phi) is 6.05. The highest BCUT2D eigenvalue weighted by Crippen LogP contribution is 2.33. The highest BCUT2D eigenvalue weighted by atomic mass is 35.5. The number of benzene rings is 2. The number of amides is 1. The Balaban J connectivity index is 2.05. The van der Waals surface area contributed by atoms with E-state index < -0.39 is 4.92 Å². The number of thioether (sulfide) groups is 1. The number of nitro benzene ring substituents is 1. The number of methoxy groups -OCH3 is 1. The molecule has 126 valence electrons. The first-order valence-corrected chi connectivity index (χ1v) is 8.28. The zero-order valence-corrected chi connectivity index (χ0v) is 14.6. The van der Waals surface area contributed by atoms with Gasteiger partial charge in [-0.25, -0.2) is 0 Å². The molecule has 0 aliphatic carbocycles. The van der Waals surface area contributed by atoms with Crippen molar-refractivity contribution in [3.8, 4) is 5.75 Å². The molecule has 2 aromatic carbocycles. The molecule has 0 atom stereocenters. The Hall–Kier alpha value is -2.25. The van der Waals surface area contributed by atoms with Gasteiger partial charge in [0.25, 0.3) is 0 Å². The Morgan fingerprint density at radius 3 is 2.58 bits per heavy atom. The maximum Gasteiger partial charge on any atom is 0.311 e. The zero-order chi connectivity index (χ0) is 17.7. The maximum atomic E-state index is 12.1. The molecule has 0 fully saturated rings. The normalized spacial score (nSPS) is 10.3. The molecule has 0 saturated heterocycles. The number of anilines is 1. The van der Waals surface area contributed by atoms with Crippen molar-refractivity contribution in [2.75, 3.05) is 18.2 Å². The van der Waals surface area contributed by atoms with Gasteiger partial charge in [0, 0.05) is 27.7 Å². The van der Waals surface area contributed by atoms with Gasteiger partial charge >= 0.3 is 5.69 Å². The lowest BCUT2D eigenvalue weighted by atomic mass is 10.1. The van der Waals surface area contributed by atoms with Crippen LogP contribution in [0.4, 0.5) is 11.4 Å². The van der Waals surface area contributed by atoms with Gasteiger partial charge < -0.3 is 10.1 Å². The molecule has 0 aliphatic rings. The number of hydrogen-bond acceptors (Lipinski definition) is 5. The van der Waals surface area contributed by atoms with Crippen molar-refractivity contribution in [1.82, 2.24) is 0 Å². The Bertz CT molecular complexity index is 765. The van der Waals surface area contributed by atoms with Crippen LogP contribution in [0, 0.1) is 17.0 Å². The van der Waals surface area contributed by atoms with E-state index in [1.165, 1.54) is 31.0 Å². The first-order chi connectivity index (χ1) is 11.4. The van der Waals surface area contributed by atoms with Gasteiger partial charge in [-0.3, -0.25) is 14.9 Å². The molecular weight excluding hydrogens is 352 g/mol. The Morgan fingerprint density at radius 1 is 1.33 bits per heavy atom. The van der Waals surface area contributed by atoms with Crippen LogP contribution in [0.3, 0.4) is 0 Å². The van der Waals surface area contributed by atoms with Crippen LogP contribution < -0.4 is 10.1 Å². The molecule has 0 heterocycles. The van der Waals surface area contributed by atoms with Crippen LogP contribution in [-0.4, -0.2) is 23.7 Å². The summed E-state index contributed by atoms with van der Waals surface area (Å²) in [5.74, 6) is 0.0978. The molecule has 24 heavy (non-hydrogen) atoms. The largest absolute Gasteiger partial charge is 0.490 e. The molecule has 1 N–H and O–H groups in total. The molecule has 2 rings (SSSR count). The van der Waals surface area contributed by atoms with Gasteiger partial charge in [-0.05, 0) is 36.8 Å². The minimum atomic E-state index is -0.520. The quantitative estimate of drug-likeness (QED) is 0.468. The minimum Gasteiger partial charge on any atom is -0.490 e. The van der Waals surface area contributed by atoms with E-state index >= 15 is 0 Å². The van der Waals surface area contributed by atoms with Gasteiger partial charge in [0.15, 0.2) is 5.75 Å². The van der Waals surface area contributed by atoms with Crippen LogP contribution in [0.5, 0.6) is 5.75 Å². The van der Waals surface area contributed by atoms with Crippen molar-refractivity contribution in [3.05, 3.63) is 57.1 Å². The second-order valence-corrected chi connectivity index (χ2v) is 6.37. The summed E-state index contributed by atoms with van der Waals surface area (Å²) < 4.78 is 5.01. The number of halogens is 1. The van der Waals surface area contributed by atoms with Crippen molar-refractivity contribution >= 4 is 40.6 Å². The van der Waals surface area contributed by atoms with Gasteiger partial charge in [-0.15, -0.1) is 11.8 Å². The number of ether oxygens (including phenoxy) is 1. The van der Waals surface area contributed by atoms with E-state index in [-0.39, 0.29) is 23.1 Å². The van der Waals surface area contributed by atoms with Crippen LogP contribution in [0.2, 0.25) is 5.02 Å². The van der Waals surface area contributed by atoms with Crippen molar-refractivity contribution in [1.29, 1.82) is 0 Å². The summed E-state index contributed by atoms with van der Waals surface area (Å²) in [5.41, 5.74) is 0.940. The van der Waals surface area contributed by atoms with Gasteiger partial charge in [0.2, 0.25) is 5.91 Å². The number of aryl methyl sites for hydroxylation is 1. The molecule has 0 radical (unpaired) electrons. The smallest absolute Gasteiger partial charge is 0.311 e. The SMILES string of the molecule is COc1cc(NC(=O)CSc2ccc(Cl)cc2)c(C)cc1[N+](=O)[O-]. The van der Waals surface area contributed by atoms with Gasteiger partial charge in [0.05, 0.1) is 17.8 Å². The number of nitrogens with zero attached hydrogens (tertiary/aromatic N) is 1.